The Morgan fingerprint density at radius 2 is 2.29 bits per heavy atom. The zero-order valence-electron chi connectivity index (χ0n) is 8.89. The van der Waals surface area contributed by atoms with Gasteiger partial charge in [-0.1, -0.05) is 12.0 Å². The van der Waals surface area contributed by atoms with Gasteiger partial charge >= 0.3 is 0 Å². The minimum absolute atomic E-state index is 0.994. The van der Waals surface area contributed by atoms with E-state index in [2.05, 4.69) is 23.2 Å². The third-order valence-electron chi connectivity index (χ3n) is 2.98. The van der Waals surface area contributed by atoms with Crippen LogP contribution in [0.15, 0.2) is 11.6 Å². The van der Waals surface area contributed by atoms with E-state index in [4.69, 9.17) is 0 Å². The van der Waals surface area contributed by atoms with Gasteiger partial charge in [-0.15, -0.1) is 0 Å². The van der Waals surface area contributed by atoms with Gasteiger partial charge < -0.3 is 5.32 Å². The van der Waals surface area contributed by atoms with Gasteiger partial charge in [0.2, 0.25) is 0 Å². The fourth-order valence-electron chi connectivity index (χ4n) is 1.86. The monoisotopic (exact) mass is 190 g/mol. The molecule has 2 aliphatic rings. The summed E-state index contributed by atoms with van der Waals surface area (Å²) >= 11 is 0. The maximum atomic E-state index is 3.30. The Morgan fingerprint density at radius 3 is 3.00 bits per heavy atom. The maximum absolute atomic E-state index is 3.30. The largest absolute Gasteiger partial charge is 0.336 e. The smallest absolute Gasteiger partial charge is 0.138 e. The lowest BCUT2D eigenvalue weighted by Crippen LogP contribution is -2.84. The van der Waals surface area contributed by atoms with Crippen LogP contribution in [0.25, 0.3) is 0 Å². The van der Waals surface area contributed by atoms with Crippen molar-refractivity contribution in [3.63, 3.8) is 0 Å². The highest BCUT2D eigenvalue weighted by Crippen LogP contribution is 2.26. The lowest BCUT2D eigenvalue weighted by molar-refractivity contribution is -0.646. The summed E-state index contributed by atoms with van der Waals surface area (Å²) in [5.74, 6) is 7.58. The summed E-state index contributed by atoms with van der Waals surface area (Å²) < 4.78 is 0. The highest BCUT2D eigenvalue weighted by molar-refractivity contribution is 5.29. The first-order valence-electron chi connectivity index (χ1n) is 5.95. The molecule has 2 N–H and O–H groups in total. The lowest BCUT2D eigenvalue weighted by atomic mass is 10.0. The summed E-state index contributed by atoms with van der Waals surface area (Å²) in [5.41, 5.74) is 1.39. The van der Waals surface area contributed by atoms with E-state index in [1.54, 1.807) is 0 Å². The molecule has 0 spiro atoms. The summed E-state index contributed by atoms with van der Waals surface area (Å²) in [4.78, 5) is 0. The van der Waals surface area contributed by atoms with Crippen LogP contribution in [0.3, 0.4) is 0 Å². The summed E-state index contributed by atoms with van der Waals surface area (Å²) in [6.45, 7) is 2.29. The number of rotatable bonds is 3. The molecular formula is C13H20N+. The summed E-state index contributed by atoms with van der Waals surface area (Å²) in [6, 6.07) is 0. The van der Waals surface area contributed by atoms with E-state index in [1.165, 1.54) is 50.6 Å². The Morgan fingerprint density at radius 1 is 1.36 bits per heavy atom. The quantitative estimate of drug-likeness (QED) is 0.512. The normalized spacial score (nSPS) is 21.0. The first-order chi connectivity index (χ1) is 6.95. The zero-order chi connectivity index (χ0) is 9.64. The molecule has 0 aromatic carbocycles. The van der Waals surface area contributed by atoms with Crippen LogP contribution in [0.2, 0.25) is 0 Å². The summed E-state index contributed by atoms with van der Waals surface area (Å²) in [7, 11) is 0. The second-order valence-electron chi connectivity index (χ2n) is 4.45. The lowest BCUT2D eigenvalue weighted by Gasteiger charge is -2.05. The Bertz CT molecular complexity index is 263. The van der Waals surface area contributed by atoms with Crippen LogP contribution in [0, 0.1) is 17.8 Å². The first-order valence-corrected chi connectivity index (χ1v) is 5.95. The van der Waals surface area contributed by atoms with Crippen LogP contribution in [0.5, 0.6) is 0 Å². The number of allylic oxidation sites excluding steroid dienone is 2. The molecule has 0 unspecified atom stereocenters. The molecule has 1 saturated carbocycles. The average Bonchev–Trinajstić information content (AvgIpc) is 3.03. The van der Waals surface area contributed by atoms with E-state index in [9.17, 15) is 0 Å². The van der Waals surface area contributed by atoms with Crippen molar-refractivity contribution in [1.29, 1.82) is 0 Å². The van der Waals surface area contributed by atoms with Crippen molar-refractivity contribution < 1.29 is 5.32 Å². The Labute approximate surface area is 87.0 Å². The van der Waals surface area contributed by atoms with Crippen LogP contribution < -0.4 is 5.32 Å². The Hall–Kier alpha value is -0.740. The topological polar surface area (TPSA) is 16.6 Å². The van der Waals surface area contributed by atoms with Gasteiger partial charge in [-0.05, 0) is 50.0 Å². The van der Waals surface area contributed by atoms with Gasteiger partial charge in [0, 0.05) is 5.92 Å². The Kier molecular flexibility index (Phi) is 3.65. The first kappa shape index (κ1) is 9.80. The van der Waals surface area contributed by atoms with Gasteiger partial charge in [-0.3, -0.25) is 0 Å². The van der Waals surface area contributed by atoms with Gasteiger partial charge in [0.1, 0.15) is 6.54 Å². The molecule has 0 heterocycles. The van der Waals surface area contributed by atoms with Crippen LogP contribution >= 0.6 is 0 Å². The van der Waals surface area contributed by atoms with Crippen LogP contribution in [-0.2, 0) is 0 Å². The third-order valence-corrected chi connectivity index (χ3v) is 2.98. The van der Waals surface area contributed by atoms with Crippen LogP contribution in [0.1, 0.15) is 38.5 Å². The van der Waals surface area contributed by atoms with Gasteiger partial charge in [-0.25, -0.2) is 0 Å². The SMILES string of the molecule is C(#CC1=CCCCC1)C[NH2+]CC1CC1. The molecule has 1 fully saturated rings. The molecule has 76 valence electrons. The molecule has 0 aromatic heterocycles. The zero-order valence-corrected chi connectivity index (χ0v) is 8.89. The van der Waals surface area contributed by atoms with Crippen molar-refractivity contribution in [2.75, 3.05) is 13.1 Å². The van der Waals surface area contributed by atoms with E-state index in [0.717, 1.165) is 12.5 Å². The van der Waals surface area contributed by atoms with E-state index >= 15 is 0 Å². The number of hydrogen-bond acceptors (Lipinski definition) is 0. The molecular weight excluding hydrogens is 170 g/mol. The molecule has 2 rings (SSSR count). The van der Waals surface area contributed by atoms with Gasteiger partial charge in [0.25, 0.3) is 0 Å². The van der Waals surface area contributed by atoms with Gasteiger partial charge in [0.05, 0.1) is 6.54 Å². The number of hydrogen-bond donors (Lipinski definition) is 1. The highest BCUT2D eigenvalue weighted by Gasteiger charge is 2.22. The maximum Gasteiger partial charge on any atom is 0.138 e. The number of nitrogens with two attached hydrogens (primary N) is 1. The van der Waals surface area contributed by atoms with Crippen molar-refractivity contribution in [3.8, 4) is 11.8 Å². The molecule has 0 radical (unpaired) electrons. The summed E-state index contributed by atoms with van der Waals surface area (Å²) in [5, 5.41) is 2.36. The van der Waals surface area contributed by atoms with Crippen LogP contribution in [-0.4, -0.2) is 13.1 Å². The standard InChI is InChI=1S/C13H19N/c1-2-5-12(6-3-1)7-4-10-14-11-13-8-9-13/h5,13-14H,1-3,6,8-11H2/p+1. The minimum atomic E-state index is 0.994. The van der Waals surface area contributed by atoms with E-state index in [0.29, 0.717) is 0 Å². The van der Waals surface area contributed by atoms with Crippen molar-refractivity contribution in [2.45, 2.75) is 38.5 Å². The molecule has 0 amide bonds. The highest BCUT2D eigenvalue weighted by atomic mass is 14.9. The molecule has 0 bridgehead atoms. The average molecular weight is 190 g/mol. The predicted octanol–water partition coefficient (Wildman–Crippen LogP) is 1.46. The second-order valence-corrected chi connectivity index (χ2v) is 4.45. The fourth-order valence-corrected chi connectivity index (χ4v) is 1.86. The molecule has 0 aliphatic heterocycles. The van der Waals surface area contributed by atoms with E-state index in [1.807, 2.05) is 0 Å². The molecule has 1 heteroatoms. The van der Waals surface area contributed by atoms with E-state index < -0.39 is 0 Å². The van der Waals surface area contributed by atoms with Gasteiger partial charge in [-0.2, -0.15) is 0 Å². The summed E-state index contributed by atoms with van der Waals surface area (Å²) in [6.07, 6.45) is 10.4. The van der Waals surface area contributed by atoms with Crippen molar-refractivity contribution in [2.24, 2.45) is 5.92 Å². The molecule has 1 nitrogen and oxygen atoms in total. The predicted molar refractivity (Wildman–Crippen MR) is 58.7 cm³/mol. The molecule has 0 saturated heterocycles. The minimum Gasteiger partial charge on any atom is -0.336 e. The second kappa shape index (κ2) is 5.22. The van der Waals surface area contributed by atoms with Crippen molar-refractivity contribution in [3.05, 3.63) is 11.6 Å². The number of quaternary nitrogens is 1. The molecule has 0 atom stereocenters. The molecule has 0 aromatic rings. The van der Waals surface area contributed by atoms with Crippen molar-refractivity contribution in [1.82, 2.24) is 0 Å². The fraction of sp³-hybridized carbons (Fsp3) is 0.692. The third kappa shape index (κ3) is 3.55. The van der Waals surface area contributed by atoms with E-state index in [-0.39, 0.29) is 0 Å². The molecule has 2 aliphatic carbocycles. The molecule has 14 heavy (non-hydrogen) atoms. The van der Waals surface area contributed by atoms with Gasteiger partial charge in [0.15, 0.2) is 0 Å². The van der Waals surface area contributed by atoms with Crippen molar-refractivity contribution >= 4 is 0 Å². The Balaban J connectivity index is 1.62. The van der Waals surface area contributed by atoms with Crippen LogP contribution in [0.4, 0.5) is 0 Å².